The number of aromatic nitrogens is 3. The number of carboxylic acids is 1. The number of fused-ring (bicyclic) bond motifs is 1. The van der Waals surface area contributed by atoms with E-state index in [1.54, 1.807) is 0 Å². The monoisotopic (exact) mass is 210 g/mol. The summed E-state index contributed by atoms with van der Waals surface area (Å²) in [6.07, 6.45) is 2.21. The van der Waals surface area contributed by atoms with E-state index in [1.807, 2.05) is 0 Å². The molecule has 0 saturated heterocycles. The predicted molar refractivity (Wildman–Crippen MR) is 49.5 cm³/mol. The third kappa shape index (κ3) is 1.47. The summed E-state index contributed by atoms with van der Waals surface area (Å²) in [4.78, 5) is 17.9. The van der Waals surface area contributed by atoms with Crippen LogP contribution >= 0.6 is 0 Å². The van der Waals surface area contributed by atoms with Crippen LogP contribution in [0.4, 0.5) is 10.2 Å². The highest BCUT2D eigenvalue weighted by molar-refractivity contribution is 5.87. The largest absolute Gasteiger partial charge is 0.480 e. The molecule has 0 aliphatic rings. The number of nitrogens with two attached hydrogens (primary N) is 1. The number of nitrogens with zero attached hydrogens (tertiary/aromatic N) is 3. The maximum absolute atomic E-state index is 13.3. The summed E-state index contributed by atoms with van der Waals surface area (Å²) >= 11 is 0. The maximum Gasteiger partial charge on any atom is 0.323 e. The van der Waals surface area contributed by atoms with Gasteiger partial charge in [-0.15, -0.1) is 0 Å². The van der Waals surface area contributed by atoms with E-state index >= 15 is 0 Å². The molecule has 0 fully saturated rings. The first-order chi connectivity index (χ1) is 7.09. The Bertz CT molecular complexity index is 537. The number of halogens is 1. The molecule has 0 amide bonds. The number of carbonyl (C=O) groups is 1. The molecular formula is C8H7FN4O2. The summed E-state index contributed by atoms with van der Waals surface area (Å²) < 4.78 is 14.5. The van der Waals surface area contributed by atoms with E-state index in [4.69, 9.17) is 10.8 Å². The van der Waals surface area contributed by atoms with Gasteiger partial charge >= 0.3 is 5.97 Å². The molecule has 0 aliphatic heterocycles. The number of nitrogen functional groups attached to an aromatic ring is 1. The van der Waals surface area contributed by atoms with E-state index in [-0.39, 0.29) is 23.4 Å². The Morgan fingerprint density at radius 2 is 2.33 bits per heavy atom. The van der Waals surface area contributed by atoms with Crippen LogP contribution in [0.25, 0.3) is 11.0 Å². The molecule has 2 rings (SSSR count). The average molecular weight is 210 g/mol. The normalized spacial score (nSPS) is 10.7. The van der Waals surface area contributed by atoms with Crippen molar-refractivity contribution in [3.8, 4) is 0 Å². The summed E-state index contributed by atoms with van der Waals surface area (Å²) in [6.45, 7) is -0.364. The van der Waals surface area contributed by atoms with Crippen molar-refractivity contribution in [1.29, 1.82) is 0 Å². The molecule has 2 aromatic rings. The minimum absolute atomic E-state index is 0.00152. The van der Waals surface area contributed by atoms with Gasteiger partial charge in [-0.2, -0.15) is 0 Å². The van der Waals surface area contributed by atoms with Crippen molar-refractivity contribution in [3.05, 3.63) is 18.3 Å². The summed E-state index contributed by atoms with van der Waals surface area (Å²) in [5.41, 5.74) is 5.63. The number of carboxylic acid groups (broad SMARTS) is 1. The van der Waals surface area contributed by atoms with Crippen LogP contribution in [0, 0.1) is 5.82 Å². The first-order valence-corrected chi connectivity index (χ1v) is 4.06. The Morgan fingerprint density at radius 1 is 1.60 bits per heavy atom. The van der Waals surface area contributed by atoms with Crippen LogP contribution < -0.4 is 5.73 Å². The van der Waals surface area contributed by atoms with Gasteiger partial charge in [-0.3, -0.25) is 4.79 Å². The van der Waals surface area contributed by atoms with Gasteiger partial charge in [0.15, 0.2) is 5.82 Å². The molecule has 0 saturated carbocycles. The van der Waals surface area contributed by atoms with Gasteiger partial charge in [0.2, 0.25) is 0 Å². The van der Waals surface area contributed by atoms with Gasteiger partial charge in [0.25, 0.3) is 0 Å². The van der Waals surface area contributed by atoms with Crippen LogP contribution in [0.15, 0.2) is 12.5 Å². The Labute approximate surface area is 83.2 Å². The van der Waals surface area contributed by atoms with Crippen LogP contribution in [0.1, 0.15) is 0 Å². The Morgan fingerprint density at radius 3 is 3.00 bits per heavy atom. The van der Waals surface area contributed by atoms with Crippen LogP contribution in [0.3, 0.4) is 0 Å². The topological polar surface area (TPSA) is 94.0 Å². The van der Waals surface area contributed by atoms with Gasteiger partial charge in [-0.25, -0.2) is 14.4 Å². The molecule has 3 N–H and O–H groups in total. The predicted octanol–water partition coefficient (Wildman–Crippen LogP) is 0.237. The summed E-state index contributed by atoms with van der Waals surface area (Å²) in [5.74, 6) is -1.70. The summed E-state index contributed by atoms with van der Waals surface area (Å²) in [5, 5.41) is 8.64. The standard InChI is InChI=1S/C8H7FN4O2/c9-4-1-13(2-5(14)15)8-6(4)7(10)11-3-12-8/h1,3H,2H2,(H,14,15)(H2,10,11,12). The van der Waals surface area contributed by atoms with Crippen molar-refractivity contribution < 1.29 is 14.3 Å². The third-order valence-electron chi connectivity index (χ3n) is 1.94. The Kier molecular flexibility index (Phi) is 2.00. The number of rotatable bonds is 2. The molecule has 0 bridgehead atoms. The Balaban J connectivity index is 2.68. The minimum atomic E-state index is -1.08. The lowest BCUT2D eigenvalue weighted by Crippen LogP contribution is -2.08. The summed E-state index contributed by atoms with van der Waals surface area (Å²) in [7, 11) is 0. The fourth-order valence-electron chi connectivity index (χ4n) is 1.37. The molecule has 7 heteroatoms. The molecule has 0 atom stereocenters. The fraction of sp³-hybridized carbons (Fsp3) is 0.125. The van der Waals surface area contributed by atoms with Gasteiger partial charge in [-0.05, 0) is 0 Å². The first kappa shape index (κ1) is 9.38. The summed E-state index contributed by atoms with van der Waals surface area (Å²) in [6, 6.07) is 0. The molecule has 78 valence electrons. The number of hydrogen-bond donors (Lipinski definition) is 2. The van der Waals surface area contributed by atoms with E-state index < -0.39 is 11.8 Å². The minimum Gasteiger partial charge on any atom is -0.480 e. The van der Waals surface area contributed by atoms with Crippen molar-refractivity contribution in [2.45, 2.75) is 6.54 Å². The zero-order valence-electron chi connectivity index (χ0n) is 7.51. The molecule has 0 aromatic carbocycles. The molecule has 15 heavy (non-hydrogen) atoms. The molecule has 6 nitrogen and oxygen atoms in total. The molecular weight excluding hydrogens is 203 g/mol. The average Bonchev–Trinajstić information content (AvgIpc) is 2.44. The lowest BCUT2D eigenvalue weighted by atomic mass is 10.4. The highest BCUT2D eigenvalue weighted by atomic mass is 19.1. The zero-order valence-corrected chi connectivity index (χ0v) is 7.51. The second-order valence-electron chi connectivity index (χ2n) is 2.96. The molecule has 0 radical (unpaired) electrons. The van der Waals surface area contributed by atoms with Crippen molar-refractivity contribution in [3.63, 3.8) is 0 Å². The van der Waals surface area contributed by atoms with Crippen molar-refractivity contribution in [2.75, 3.05) is 5.73 Å². The third-order valence-corrected chi connectivity index (χ3v) is 1.94. The highest BCUT2D eigenvalue weighted by Crippen LogP contribution is 2.21. The van der Waals surface area contributed by atoms with Crippen LogP contribution in [0.2, 0.25) is 0 Å². The highest BCUT2D eigenvalue weighted by Gasteiger charge is 2.14. The Hall–Kier alpha value is -2.18. The molecule has 2 heterocycles. The quantitative estimate of drug-likeness (QED) is 0.740. The van der Waals surface area contributed by atoms with Gasteiger partial charge in [0.1, 0.15) is 24.3 Å². The van der Waals surface area contributed by atoms with Gasteiger partial charge in [-0.1, -0.05) is 0 Å². The maximum atomic E-state index is 13.3. The lowest BCUT2D eigenvalue weighted by Gasteiger charge is -1.99. The molecule has 0 aliphatic carbocycles. The fourth-order valence-corrected chi connectivity index (χ4v) is 1.37. The lowest BCUT2D eigenvalue weighted by molar-refractivity contribution is -0.137. The number of anilines is 1. The molecule has 2 aromatic heterocycles. The molecule has 0 spiro atoms. The van der Waals surface area contributed by atoms with Gasteiger partial charge in [0, 0.05) is 6.20 Å². The van der Waals surface area contributed by atoms with E-state index in [0.717, 1.165) is 12.5 Å². The van der Waals surface area contributed by atoms with Crippen molar-refractivity contribution >= 4 is 22.8 Å². The van der Waals surface area contributed by atoms with E-state index in [0.29, 0.717) is 0 Å². The SMILES string of the molecule is Nc1ncnc2c1c(F)cn2CC(=O)O. The zero-order chi connectivity index (χ0) is 11.0. The van der Waals surface area contributed by atoms with Crippen LogP contribution in [-0.2, 0) is 11.3 Å². The van der Waals surface area contributed by atoms with Crippen molar-refractivity contribution in [2.24, 2.45) is 0 Å². The van der Waals surface area contributed by atoms with Crippen molar-refractivity contribution in [1.82, 2.24) is 14.5 Å². The van der Waals surface area contributed by atoms with E-state index in [2.05, 4.69) is 9.97 Å². The number of aliphatic carboxylic acids is 1. The number of hydrogen-bond acceptors (Lipinski definition) is 4. The second-order valence-corrected chi connectivity index (χ2v) is 2.96. The second kappa shape index (κ2) is 3.19. The first-order valence-electron chi connectivity index (χ1n) is 4.06. The smallest absolute Gasteiger partial charge is 0.323 e. The van der Waals surface area contributed by atoms with E-state index in [9.17, 15) is 9.18 Å². The molecule has 0 unspecified atom stereocenters. The van der Waals surface area contributed by atoms with Gasteiger partial charge < -0.3 is 15.4 Å². The van der Waals surface area contributed by atoms with Crippen LogP contribution in [0.5, 0.6) is 0 Å². The van der Waals surface area contributed by atoms with E-state index in [1.165, 1.54) is 4.57 Å². The van der Waals surface area contributed by atoms with Crippen LogP contribution in [-0.4, -0.2) is 25.6 Å². The van der Waals surface area contributed by atoms with Gasteiger partial charge in [0.05, 0.1) is 5.39 Å².